The second kappa shape index (κ2) is 4.11. The van der Waals surface area contributed by atoms with E-state index in [2.05, 4.69) is 10.9 Å². The molecule has 0 bridgehead atoms. The summed E-state index contributed by atoms with van der Waals surface area (Å²) in [6.07, 6.45) is 0. The van der Waals surface area contributed by atoms with E-state index in [1.165, 1.54) is 0 Å². The Bertz CT molecular complexity index is 223. The van der Waals surface area contributed by atoms with E-state index >= 15 is 0 Å². The second-order valence-corrected chi connectivity index (χ2v) is 3.32. The maximum absolute atomic E-state index is 10.1. The summed E-state index contributed by atoms with van der Waals surface area (Å²) in [5, 5.41) is 6.62. The van der Waals surface area contributed by atoms with Gasteiger partial charge in [-0.25, -0.2) is 5.43 Å². The van der Waals surface area contributed by atoms with Crippen LogP contribution >= 0.6 is 0 Å². The molecule has 0 aromatic carbocycles. The molecule has 7 nitrogen and oxygen atoms in total. The summed E-state index contributed by atoms with van der Waals surface area (Å²) in [6.45, 7) is -0.0155. The van der Waals surface area contributed by atoms with Gasteiger partial charge in [-0.3, -0.25) is 15.4 Å². The molecule has 0 saturated carbocycles. The van der Waals surface area contributed by atoms with Crippen LogP contribution in [-0.2, 0) is 10.1 Å². The molecule has 0 aromatic rings. The van der Waals surface area contributed by atoms with E-state index in [9.17, 15) is 8.42 Å². The van der Waals surface area contributed by atoms with Crippen LogP contribution in [0.4, 0.5) is 0 Å². The summed E-state index contributed by atoms with van der Waals surface area (Å²) < 4.78 is 28.4. The highest BCUT2D eigenvalue weighted by molar-refractivity contribution is 7.85. The van der Waals surface area contributed by atoms with E-state index in [1.807, 2.05) is 0 Å². The Morgan fingerprint density at radius 2 is 2.18 bits per heavy atom. The fraction of sp³-hybridized carbons (Fsp3) is 0.667. The zero-order valence-corrected chi connectivity index (χ0v) is 6.48. The van der Waals surface area contributed by atoms with Gasteiger partial charge in [-0.1, -0.05) is 0 Å². The maximum Gasteiger partial charge on any atom is 0.266 e. The van der Waals surface area contributed by atoms with Crippen molar-refractivity contribution in [3.63, 3.8) is 0 Å². The number of guanidine groups is 1. The van der Waals surface area contributed by atoms with Crippen molar-refractivity contribution < 1.29 is 13.0 Å². The molecule has 0 amide bonds. The lowest BCUT2D eigenvalue weighted by atomic mass is 10.8. The molecule has 0 unspecified atom stereocenters. The molecule has 0 spiro atoms. The van der Waals surface area contributed by atoms with Gasteiger partial charge >= 0.3 is 0 Å². The van der Waals surface area contributed by atoms with Gasteiger partial charge < -0.3 is 5.73 Å². The Labute approximate surface area is 64.2 Å². The summed E-state index contributed by atoms with van der Waals surface area (Å²) in [7, 11) is -3.94. The SMILES string of the molecule is N=C(N)NNCCS(=O)(=O)O. The van der Waals surface area contributed by atoms with Crippen LogP contribution in [0.5, 0.6) is 0 Å². The lowest BCUT2D eigenvalue weighted by molar-refractivity contribution is 0.479. The number of nitrogens with one attached hydrogen (secondary N) is 3. The van der Waals surface area contributed by atoms with E-state index in [0.29, 0.717) is 0 Å². The molecule has 0 atom stereocenters. The molecule has 0 saturated heterocycles. The Balaban J connectivity index is 3.37. The molecule has 0 aliphatic carbocycles. The summed E-state index contributed by atoms with van der Waals surface area (Å²) in [5.74, 6) is -0.742. The van der Waals surface area contributed by atoms with Gasteiger partial charge in [0.15, 0.2) is 5.96 Å². The zero-order valence-electron chi connectivity index (χ0n) is 5.66. The van der Waals surface area contributed by atoms with Gasteiger partial charge in [0.2, 0.25) is 0 Å². The number of nitrogens with two attached hydrogens (primary N) is 1. The molecule has 0 aromatic heterocycles. The van der Waals surface area contributed by atoms with Crippen molar-refractivity contribution in [2.24, 2.45) is 5.73 Å². The predicted octanol–water partition coefficient (Wildman–Crippen LogP) is -2.14. The molecule has 0 aliphatic rings. The predicted molar refractivity (Wildman–Crippen MR) is 39.5 cm³/mol. The van der Waals surface area contributed by atoms with Gasteiger partial charge in [-0.15, -0.1) is 0 Å². The molecule has 6 N–H and O–H groups in total. The second-order valence-electron chi connectivity index (χ2n) is 1.75. The monoisotopic (exact) mass is 182 g/mol. The first-order valence-corrected chi connectivity index (χ1v) is 4.31. The highest BCUT2D eigenvalue weighted by Crippen LogP contribution is 1.76. The van der Waals surface area contributed by atoms with Crippen molar-refractivity contribution in [3.8, 4) is 0 Å². The van der Waals surface area contributed by atoms with Crippen LogP contribution in [0.2, 0.25) is 0 Å². The van der Waals surface area contributed by atoms with Crippen molar-refractivity contribution in [1.29, 1.82) is 5.41 Å². The first-order valence-electron chi connectivity index (χ1n) is 2.70. The van der Waals surface area contributed by atoms with E-state index in [-0.39, 0.29) is 12.5 Å². The van der Waals surface area contributed by atoms with Gasteiger partial charge in [0.1, 0.15) is 0 Å². The van der Waals surface area contributed by atoms with Crippen LogP contribution in [-0.4, -0.2) is 31.2 Å². The summed E-state index contributed by atoms with van der Waals surface area (Å²) in [6, 6.07) is 0. The molecule has 0 radical (unpaired) electrons. The summed E-state index contributed by atoms with van der Waals surface area (Å²) in [5.41, 5.74) is 9.30. The average Bonchev–Trinajstić information content (AvgIpc) is 1.78. The van der Waals surface area contributed by atoms with Crippen LogP contribution in [0.3, 0.4) is 0 Å². The lowest BCUT2D eigenvalue weighted by Gasteiger charge is -2.03. The number of hydrogen-bond donors (Lipinski definition) is 5. The quantitative estimate of drug-likeness (QED) is 0.111. The van der Waals surface area contributed by atoms with Gasteiger partial charge in [0.05, 0.1) is 5.75 Å². The van der Waals surface area contributed by atoms with Crippen molar-refractivity contribution >= 4 is 16.1 Å². The van der Waals surface area contributed by atoms with Gasteiger partial charge in [-0.2, -0.15) is 8.42 Å². The Kier molecular flexibility index (Phi) is 3.79. The number of hydrazine groups is 1. The Hall–Kier alpha value is -0.860. The van der Waals surface area contributed by atoms with Crippen molar-refractivity contribution in [2.45, 2.75) is 0 Å². The van der Waals surface area contributed by atoms with Gasteiger partial charge in [-0.05, 0) is 0 Å². The minimum Gasteiger partial charge on any atom is -0.369 e. The number of rotatable bonds is 4. The van der Waals surface area contributed by atoms with Gasteiger partial charge in [0, 0.05) is 6.54 Å². The fourth-order valence-corrected chi connectivity index (χ4v) is 0.698. The third-order valence-electron chi connectivity index (χ3n) is 0.708. The molecular weight excluding hydrogens is 172 g/mol. The van der Waals surface area contributed by atoms with E-state index in [0.717, 1.165) is 0 Å². The number of hydrogen-bond acceptors (Lipinski definition) is 4. The van der Waals surface area contributed by atoms with Crippen LogP contribution in [0.15, 0.2) is 0 Å². The highest BCUT2D eigenvalue weighted by Gasteiger charge is 2.01. The Morgan fingerprint density at radius 3 is 2.55 bits per heavy atom. The van der Waals surface area contributed by atoms with E-state index in [1.54, 1.807) is 0 Å². The smallest absolute Gasteiger partial charge is 0.266 e. The Morgan fingerprint density at radius 1 is 1.64 bits per heavy atom. The summed E-state index contributed by atoms with van der Waals surface area (Å²) >= 11 is 0. The van der Waals surface area contributed by atoms with E-state index in [4.69, 9.17) is 15.7 Å². The van der Waals surface area contributed by atoms with Crippen molar-refractivity contribution in [1.82, 2.24) is 10.9 Å². The fourth-order valence-electron chi connectivity index (χ4n) is 0.338. The minimum atomic E-state index is -3.94. The molecular formula is C3H10N4O3S. The third-order valence-corrected chi connectivity index (χ3v) is 1.43. The first-order chi connectivity index (χ1) is 4.92. The molecule has 8 heteroatoms. The normalized spacial score (nSPS) is 11.0. The molecule has 0 fully saturated rings. The molecule has 11 heavy (non-hydrogen) atoms. The molecule has 0 heterocycles. The highest BCUT2D eigenvalue weighted by atomic mass is 32.2. The summed E-state index contributed by atoms with van der Waals surface area (Å²) in [4.78, 5) is 0. The minimum absolute atomic E-state index is 0.0155. The topological polar surface area (TPSA) is 128 Å². The molecule has 0 aliphatic heterocycles. The van der Waals surface area contributed by atoms with Crippen LogP contribution in [0.1, 0.15) is 0 Å². The van der Waals surface area contributed by atoms with Crippen LogP contribution in [0, 0.1) is 5.41 Å². The molecule has 66 valence electrons. The van der Waals surface area contributed by atoms with E-state index < -0.39 is 15.9 Å². The van der Waals surface area contributed by atoms with Crippen molar-refractivity contribution in [2.75, 3.05) is 12.3 Å². The van der Waals surface area contributed by atoms with Crippen molar-refractivity contribution in [3.05, 3.63) is 0 Å². The largest absolute Gasteiger partial charge is 0.369 e. The van der Waals surface area contributed by atoms with Crippen LogP contribution in [0.25, 0.3) is 0 Å². The third kappa shape index (κ3) is 9.14. The average molecular weight is 182 g/mol. The van der Waals surface area contributed by atoms with Gasteiger partial charge in [0.25, 0.3) is 10.1 Å². The molecule has 0 rings (SSSR count). The van der Waals surface area contributed by atoms with Crippen LogP contribution < -0.4 is 16.6 Å². The maximum atomic E-state index is 10.1. The standard InChI is InChI=1S/C3H10N4O3S/c4-3(5)7-6-1-2-11(8,9)10/h6H,1-2H2,(H4,4,5,7)(H,8,9,10). The zero-order chi connectivity index (χ0) is 8.91. The first kappa shape index (κ1) is 10.1. The lowest BCUT2D eigenvalue weighted by Crippen LogP contribution is -2.43.